The first-order valence-electron chi connectivity index (χ1n) is 4.28. The van der Waals surface area contributed by atoms with Crippen LogP contribution in [0.3, 0.4) is 0 Å². The van der Waals surface area contributed by atoms with E-state index in [4.69, 9.17) is 0 Å². The highest BCUT2D eigenvalue weighted by Crippen LogP contribution is 2.16. The van der Waals surface area contributed by atoms with Crippen LogP contribution >= 0.6 is 11.5 Å². The average molecular weight is 185 g/mol. The molecule has 12 heavy (non-hydrogen) atoms. The van der Waals surface area contributed by atoms with E-state index < -0.39 is 0 Å². The van der Waals surface area contributed by atoms with Crippen LogP contribution in [0, 0.1) is 5.92 Å². The number of anilines is 1. The fourth-order valence-electron chi connectivity index (χ4n) is 0.951. The molecule has 0 aliphatic heterocycles. The summed E-state index contributed by atoms with van der Waals surface area (Å²) in [6.07, 6.45) is 2.96. The van der Waals surface area contributed by atoms with Gasteiger partial charge in [0, 0.05) is 17.6 Å². The van der Waals surface area contributed by atoms with Crippen molar-refractivity contribution >= 4 is 16.5 Å². The van der Waals surface area contributed by atoms with Crippen LogP contribution in [0.15, 0.2) is 6.20 Å². The molecular weight excluding hydrogens is 170 g/mol. The maximum Gasteiger partial charge on any atom is 0.130 e. The molecule has 0 fully saturated rings. The number of hydrogen-bond acceptors (Lipinski definition) is 4. The first-order valence-corrected chi connectivity index (χ1v) is 5.05. The average Bonchev–Trinajstić information content (AvgIpc) is 2.55. The van der Waals surface area contributed by atoms with Crippen molar-refractivity contribution in [3.05, 3.63) is 6.20 Å². The SMILES string of the molecule is CCC(C)C(C)Nc1cnns1. The monoisotopic (exact) mass is 185 g/mol. The fourth-order valence-corrected chi connectivity index (χ4v) is 1.47. The van der Waals surface area contributed by atoms with E-state index in [-0.39, 0.29) is 0 Å². The molecule has 0 aliphatic carbocycles. The third-order valence-electron chi connectivity index (χ3n) is 2.23. The van der Waals surface area contributed by atoms with Crippen molar-refractivity contribution < 1.29 is 0 Å². The molecule has 0 radical (unpaired) electrons. The van der Waals surface area contributed by atoms with Crippen LogP contribution in [0.25, 0.3) is 0 Å². The summed E-state index contributed by atoms with van der Waals surface area (Å²) in [4.78, 5) is 0. The molecule has 0 spiro atoms. The van der Waals surface area contributed by atoms with Gasteiger partial charge in [0.1, 0.15) is 5.00 Å². The summed E-state index contributed by atoms with van der Waals surface area (Å²) < 4.78 is 3.79. The molecule has 0 saturated carbocycles. The highest BCUT2D eigenvalue weighted by Gasteiger charge is 2.10. The minimum Gasteiger partial charge on any atom is -0.372 e. The third kappa shape index (κ3) is 2.44. The van der Waals surface area contributed by atoms with Crippen LogP contribution in [0.5, 0.6) is 0 Å². The van der Waals surface area contributed by atoms with Gasteiger partial charge in [-0.25, -0.2) is 0 Å². The smallest absolute Gasteiger partial charge is 0.130 e. The largest absolute Gasteiger partial charge is 0.372 e. The Morgan fingerprint density at radius 2 is 2.33 bits per heavy atom. The molecular formula is C8H15N3S. The Kier molecular flexibility index (Phi) is 3.47. The lowest BCUT2D eigenvalue weighted by Crippen LogP contribution is -2.22. The first kappa shape index (κ1) is 9.45. The molecule has 1 aromatic rings. The molecule has 1 rings (SSSR count). The van der Waals surface area contributed by atoms with Gasteiger partial charge in [-0.15, -0.1) is 5.10 Å². The molecule has 2 atom stereocenters. The summed E-state index contributed by atoms with van der Waals surface area (Å²) in [5.74, 6) is 0.687. The lowest BCUT2D eigenvalue weighted by Gasteiger charge is -2.18. The summed E-state index contributed by atoms with van der Waals surface area (Å²) in [7, 11) is 0. The van der Waals surface area contributed by atoms with Gasteiger partial charge in [0.15, 0.2) is 0 Å². The molecule has 0 bridgehead atoms. The van der Waals surface area contributed by atoms with Gasteiger partial charge in [-0.3, -0.25) is 0 Å². The van der Waals surface area contributed by atoms with Crippen LogP contribution in [0.2, 0.25) is 0 Å². The normalized spacial score (nSPS) is 15.6. The fraction of sp³-hybridized carbons (Fsp3) is 0.750. The van der Waals surface area contributed by atoms with Gasteiger partial charge in [-0.1, -0.05) is 24.8 Å². The summed E-state index contributed by atoms with van der Waals surface area (Å²) in [5, 5.41) is 8.19. The van der Waals surface area contributed by atoms with E-state index in [0.29, 0.717) is 12.0 Å². The van der Waals surface area contributed by atoms with Crippen molar-refractivity contribution in [3.63, 3.8) is 0 Å². The Morgan fingerprint density at radius 1 is 1.58 bits per heavy atom. The highest BCUT2D eigenvalue weighted by atomic mass is 32.1. The van der Waals surface area contributed by atoms with Crippen molar-refractivity contribution in [2.75, 3.05) is 5.32 Å². The number of nitrogens with one attached hydrogen (secondary N) is 1. The zero-order valence-electron chi connectivity index (χ0n) is 7.74. The van der Waals surface area contributed by atoms with E-state index in [9.17, 15) is 0 Å². The number of hydrogen-bond donors (Lipinski definition) is 1. The topological polar surface area (TPSA) is 37.8 Å². The second-order valence-electron chi connectivity index (χ2n) is 3.10. The molecule has 1 heterocycles. The number of rotatable bonds is 4. The maximum absolute atomic E-state index is 3.79. The molecule has 0 aliphatic rings. The Balaban J connectivity index is 2.41. The quantitative estimate of drug-likeness (QED) is 0.782. The van der Waals surface area contributed by atoms with E-state index in [1.807, 2.05) is 0 Å². The second-order valence-corrected chi connectivity index (χ2v) is 3.89. The molecule has 0 saturated heterocycles. The van der Waals surface area contributed by atoms with Gasteiger partial charge in [0.25, 0.3) is 0 Å². The van der Waals surface area contributed by atoms with Crippen molar-refractivity contribution in [1.29, 1.82) is 0 Å². The molecule has 68 valence electrons. The van der Waals surface area contributed by atoms with Gasteiger partial charge in [-0.2, -0.15) is 0 Å². The number of nitrogens with zero attached hydrogens (tertiary/aromatic N) is 2. The minimum absolute atomic E-state index is 0.497. The minimum atomic E-state index is 0.497. The van der Waals surface area contributed by atoms with Gasteiger partial charge in [-0.05, 0) is 12.8 Å². The molecule has 4 heteroatoms. The summed E-state index contributed by atoms with van der Waals surface area (Å²) >= 11 is 1.41. The molecule has 1 aromatic heterocycles. The summed E-state index contributed by atoms with van der Waals surface area (Å²) in [6.45, 7) is 6.63. The van der Waals surface area contributed by atoms with Gasteiger partial charge >= 0.3 is 0 Å². The lowest BCUT2D eigenvalue weighted by molar-refractivity contribution is 0.495. The van der Waals surface area contributed by atoms with Gasteiger partial charge in [0.05, 0.1) is 6.20 Å². The van der Waals surface area contributed by atoms with Crippen molar-refractivity contribution in [1.82, 2.24) is 9.59 Å². The third-order valence-corrected chi connectivity index (χ3v) is 2.82. The standard InChI is InChI=1S/C8H15N3S/c1-4-6(2)7(3)10-8-5-9-11-12-8/h5-7,10H,4H2,1-3H3. The Morgan fingerprint density at radius 3 is 2.83 bits per heavy atom. The van der Waals surface area contributed by atoms with Gasteiger partial charge in [0.2, 0.25) is 0 Å². The van der Waals surface area contributed by atoms with Crippen LogP contribution in [-0.4, -0.2) is 15.6 Å². The van der Waals surface area contributed by atoms with Crippen molar-refractivity contribution in [3.8, 4) is 0 Å². The van der Waals surface area contributed by atoms with Gasteiger partial charge < -0.3 is 5.32 Å². The summed E-state index contributed by atoms with van der Waals surface area (Å²) in [6, 6.07) is 0.497. The van der Waals surface area contributed by atoms with E-state index >= 15 is 0 Å². The van der Waals surface area contributed by atoms with Crippen LogP contribution in [-0.2, 0) is 0 Å². The van der Waals surface area contributed by atoms with E-state index in [0.717, 1.165) is 5.00 Å². The lowest BCUT2D eigenvalue weighted by atomic mass is 10.0. The van der Waals surface area contributed by atoms with Crippen LogP contribution in [0.4, 0.5) is 5.00 Å². The Hall–Kier alpha value is -0.640. The molecule has 3 nitrogen and oxygen atoms in total. The Bertz CT molecular complexity index is 210. The van der Waals surface area contributed by atoms with Crippen molar-refractivity contribution in [2.24, 2.45) is 5.92 Å². The molecule has 2 unspecified atom stereocenters. The van der Waals surface area contributed by atoms with Crippen LogP contribution < -0.4 is 5.32 Å². The first-order chi connectivity index (χ1) is 5.74. The second kappa shape index (κ2) is 4.40. The van der Waals surface area contributed by atoms with Crippen molar-refractivity contribution in [2.45, 2.75) is 33.2 Å². The molecule has 0 amide bonds. The van der Waals surface area contributed by atoms with E-state index in [1.165, 1.54) is 18.0 Å². The highest BCUT2D eigenvalue weighted by molar-refractivity contribution is 7.09. The molecule has 1 N–H and O–H groups in total. The zero-order chi connectivity index (χ0) is 8.97. The number of aromatic nitrogens is 2. The predicted molar refractivity (Wildman–Crippen MR) is 52.4 cm³/mol. The molecule has 0 aromatic carbocycles. The van der Waals surface area contributed by atoms with E-state index in [2.05, 4.69) is 35.7 Å². The summed E-state index contributed by atoms with van der Waals surface area (Å²) in [5.41, 5.74) is 0. The predicted octanol–water partition coefficient (Wildman–Crippen LogP) is 2.38. The maximum atomic E-state index is 3.79. The Labute approximate surface area is 77.4 Å². The van der Waals surface area contributed by atoms with Crippen LogP contribution in [0.1, 0.15) is 27.2 Å². The zero-order valence-corrected chi connectivity index (χ0v) is 8.56. The van der Waals surface area contributed by atoms with E-state index in [1.54, 1.807) is 6.20 Å².